The summed E-state index contributed by atoms with van der Waals surface area (Å²) in [6.07, 6.45) is 10.5. The summed E-state index contributed by atoms with van der Waals surface area (Å²) >= 11 is 12.8. The number of pyridine rings is 1. The van der Waals surface area contributed by atoms with E-state index in [0.29, 0.717) is 44.9 Å². The Bertz CT molecular complexity index is 2080. The lowest BCUT2D eigenvalue weighted by molar-refractivity contribution is -0.133. The molecule has 1 atom stereocenters. The Hall–Kier alpha value is -3.95. The summed E-state index contributed by atoms with van der Waals surface area (Å²) in [7, 11) is 0. The third-order valence-corrected chi connectivity index (χ3v) is 12.4. The van der Waals surface area contributed by atoms with E-state index in [1.165, 1.54) is 25.6 Å². The highest BCUT2D eigenvalue weighted by molar-refractivity contribution is 6.43. The van der Waals surface area contributed by atoms with Gasteiger partial charge in [0.1, 0.15) is 12.2 Å². The first-order valence-electron chi connectivity index (χ1n) is 18.6. The van der Waals surface area contributed by atoms with Gasteiger partial charge >= 0.3 is 0 Å². The molecule has 2 aromatic carbocycles. The molecule has 3 aliphatic heterocycles. The Morgan fingerprint density at radius 1 is 1.21 bits per heavy atom. The summed E-state index contributed by atoms with van der Waals surface area (Å²) in [4.78, 5) is 23.1. The number of halogens is 4. The zero-order chi connectivity index (χ0) is 37.4. The van der Waals surface area contributed by atoms with E-state index in [-0.39, 0.29) is 46.9 Å². The van der Waals surface area contributed by atoms with Crippen molar-refractivity contribution in [3.8, 4) is 17.2 Å². The number of H-pyrrole nitrogens is 1. The summed E-state index contributed by atoms with van der Waals surface area (Å²) in [6.45, 7) is 3.57. The van der Waals surface area contributed by atoms with E-state index in [9.17, 15) is 14.4 Å². The molecule has 3 aliphatic carbocycles. The van der Waals surface area contributed by atoms with E-state index < -0.39 is 5.82 Å². The van der Waals surface area contributed by atoms with Crippen LogP contribution in [0.1, 0.15) is 80.8 Å². The second-order valence-electron chi connectivity index (χ2n) is 15.2. The maximum Gasteiger partial charge on any atom is 0.226 e. The average Bonchev–Trinajstić information content (AvgIpc) is 3.86. The van der Waals surface area contributed by atoms with Gasteiger partial charge in [-0.15, -0.1) is 0 Å². The topological polar surface area (TPSA) is 149 Å². The number of nitrogens with two attached hydrogens (primary N) is 2. The molecule has 3 saturated heterocycles. The molecule has 13 heteroatoms. The molecule has 6 aliphatic rings. The van der Waals surface area contributed by atoms with Crippen LogP contribution in [0.25, 0.3) is 32.9 Å². The number of allylic oxidation sites excluding steroid dienone is 1. The number of nitrogens with one attached hydrogen (secondary N) is 3. The lowest BCUT2D eigenvalue weighted by Gasteiger charge is -2.24. The molecule has 2 aromatic heterocycles. The van der Waals surface area contributed by atoms with E-state index >= 15 is 4.39 Å². The van der Waals surface area contributed by atoms with E-state index in [4.69, 9.17) is 34.8 Å². The van der Waals surface area contributed by atoms with E-state index in [2.05, 4.69) is 32.8 Å². The van der Waals surface area contributed by atoms with Crippen LogP contribution in [0.3, 0.4) is 0 Å². The summed E-state index contributed by atoms with van der Waals surface area (Å²) in [5.74, 6) is 5.99. The first-order valence-corrected chi connectivity index (χ1v) is 19.3. The number of aryl methyl sites for hydroxylation is 2. The highest BCUT2D eigenvalue weighted by atomic mass is 35.5. The quantitative estimate of drug-likeness (QED) is 0.0902. The Morgan fingerprint density at radius 2 is 1.98 bits per heavy atom. The van der Waals surface area contributed by atoms with Crippen LogP contribution in [0.15, 0.2) is 42.2 Å². The van der Waals surface area contributed by atoms with Crippen molar-refractivity contribution in [3.63, 3.8) is 0 Å². The van der Waals surface area contributed by atoms with E-state index in [1.54, 1.807) is 18.2 Å². The predicted octanol–water partition coefficient (Wildman–Crippen LogP) is 8.03. The van der Waals surface area contributed by atoms with Gasteiger partial charge < -0.3 is 26.4 Å². The summed E-state index contributed by atoms with van der Waals surface area (Å²) in [5, 5.41) is 14.8. The number of rotatable bonds is 8. The van der Waals surface area contributed by atoms with Crippen molar-refractivity contribution in [2.45, 2.75) is 83.2 Å². The minimum atomic E-state index is -0.484. The number of likely N-dealkylation sites (tertiary alicyclic amines) is 1. The number of nitrogens with zero attached hydrogens (tertiary/aromatic N) is 3. The van der Waals surface area contributed by atoms with Crippen LogP contribution in [-0.2, 0) is 11.2 Å². The largest absolute Gasteiger partial charge is 0.400 e. The van der Waals surface area contributed by atoms with Crippen LogP contribution >= 0.6 is 23.2 Å². The molecule has 3 saturated carbocycles. The Morgan fingerprint density at radius 3 is 2.58 bits per heavy atom. The fraction of sp³-hybridized carbons (Fsp3) is 0.475. The molecule has 1 amide bonds. The van der Waals surface area contributed by atoms with Gasteiger partial charge in [-0.3, -0.25) is 15.0 Å². The van der Waals surface area contributed by atoms with Crippen molar-refractivity contribution in [2.24, 2.45) is 28.8 Å². The Labute approximate surface area is 318 Å². The highest BCUT2D eigenvalue weighted by Gasteiger charge is 2.45. The number of benzene rings is 2. The van der Waals surface area contributed by atoms with Crippen LogP contribution in [0.2, 0.25) is 10.0 Å². The molecule has 6 fully saturated rings. The lowest BCUT2D eigenvalue weighted by atomic mass is 9.87. The number of fused-ring (bicyclic) bond motifs is 4. The zero-order valence-corrected chi connectivity index (χ0v) is 31.4. The highest BCUT2D eigenvalue weighted by Crippen LogP contribution is 2.50. The van der Waals surface area contributed by atoms with Gasteiger partial charge in [0.15, 0.2) is 5.82 Å². The molecule has 5 heterocycles. The average molecular weight is 764 g/mol. The fourth-order valence-corrected chi connectivity index (χ4v) is 8.36. The van der Waals surface area contributed by atoms with Crippen molar-refractivity contribution < 1.29 is 13.6 Å². The van der Waals surface area contributed by atoms with Crippen molar-refractivity contribution in [1.82, 2.24) is 25.6 Å². The molecular weight excluding hydrogens is 717 g/mol. The van der Waals surface area contributed by atoms with Crippen LogP contribution in [-0.4, -0.2) is 46.6 Å². The summed E-state index contributed by atoms with van der Waals surface area (Å²) in [6, 6.07) is 12.2. The number of carbonyl (C=O) groups excluding carboxylic acids is 1. The van der Waals surface area contributed by atoms with Crippen molar-refractivity contribution in [3.05, 3.63) is 75.0 Å². The van der Waals surface area contributed by atoms with Gasteiger partial charge in [-0.1, -0.05) is 35.3 Å². The third-order valence-electron chi connectivity index (χ3n) is 11.5. The predicted molar refractivity (Wildman–Crippen MR) is 206 cm³/mol. The van der Waals surface area contributed by atoms with Gasteiger partial charge in [-0.05, 0) is 101 Å². The Kier molecular flexibility index (Phi) is 10.9. The maximum absolute atomic E-state index is 16.3. The first-order chi connectivity index (χ1) is 25.6. The van der Waals surface area contributed by atoms with Crippen LogP contribution in [0.4, 0.5) is 8.78 Å². The lowest BCUT2D eigenvalue weighted by Crippen LogP contribution is -2.31. The number of nitriles is 1. The number of aromatic nitrogens is 2. The summed E-state index contributed by atoms with van der Waals surface area (Å²) in [5.41, 5.74) is 12.1. The summed E-state index contributed by atoms with van der Waals surface area (Å²) < 4.78 is 28.5. The van der Waals surface area contributed by atoms with E-state index in [0.717, 1.165) is 73.6 Å². The molecule has 7 N–H and O–H groups in total. The molecule has 53 heavy (non-hydrogen) atoms. The normalized spacial score (nSPS) is 22.4. The minimum absolute atomic E-state index is 0.0117. The zero-order valence-electron chi connectivity index (χ0n) is 29.9. The fourth-order valence-electron chi connectivity index (χ4n) is 7.96. The number of aromatic amines is 1. The third kappa shape index (κ3) is 7.44. The van der Waals surface area contributed by atoms with E-state index in [1.807, 2.05) is 17.9 Å². The van der Waals surface area contributed by atoms with Gasteiger partial charge in [0.05, 0.1) is 27.7 Å². The molecule has 280 valence electrons. The van der Waals surface area contributed by atoms with Gasteiger partial charge in [-0.25, -0.2) is 9.37 Å². The number of hydrogen-bond donors (Lipinski definition) is 5. The number of hydrogen-bond acceptors (Lipinski definition) is 7. The van der Waals surface area contributed by atoms with Gasteiger partial charge in [0, 0.05) is 75.5 Å². The number of amides is 1. The minimum Gasteiger partial charge on any atom is -0.400 e. The van der Waals surface area contributed by atoms with Crippen molar-refractivity contribution in [1.29, 1.82) is 5.26 Å². The molecule has 9 nitrogen and oxygen atoms in total. The smallest absolute Gasteiger partial charge is 0.226 e. The monoisotopic (exact) mass is 762 g/mol. The molecule has 1 unspecified atom stereocenters. The van der Waals surface area contributed by atoms with Gasteiger partial charge in [0.25, 0.3) is 0 Å². The van der Waals surface area contributed by atoms with Crippen molar-refractivity contribution >= 4 is 50.9 Å². The second kappa shape index (κ2) is 15.4. The number of carbonyl (C=O) groups is 1. The molecule has 10 rings (SSSR count). The van der Waals surface area contributed by atoms with Crippen molar-refractivity contribution in [2.75, 3.05) is 19.8 Å². The molecule has 2 bridgehead atoms. The second-order valence-corrected chi connectivity index (χ2v) is 16.0. The number of alkyl halides is 1. The number of hydrazine groups is 1. The maximum atomic E-state index is 16.3. The van der Waals surface area contributed by atoms with Gasteiger partial charge in [0.2, 0.25) is 5.91 Å². The standard InChI is InChI=1S/C29H25Cl2FN4O.C6H12FN3.C5H9N/c1-15-19-14-22(23-8-4-12-36(23)29(37)16-9-10-16)35-27(19)20-13-17(5-3-11-33)24(26(32)28(20)34-15)18-6-2-7-21(30)25(18)31;7-4-6(1-2-6)5(8)3-10-9;1-4-2-5(1)6-3-4/h2,6-7,13-14,16,23,35H,3-5,8-10,12H2,1H3;3,10H,1-2,4,8-9H2;4-6H,1-3H2/b;5-3-;. The molecule has 4 aromatic rings. The van der Waals surface area contributed by atoms with Crippen LogP contribution < -0.4 is 22.3 Å². The molecular formula is C40H46Cl2F2N8O. The van der Waals surface area contributed by atoms with Crippen LogP contribution in [0.5, 0.6) is 0 Å². The SMILES string of the molecule is C1NC2CC1C2.Cc1nc2c(F)c(-c3cccc(Cl)c3Cl)c(CCC#N)cc2c2[nH]c(C3CCCN3C(=O)C3CC3)cc12.NN/C=C(\N)C1(CF)CC1. The van der Waals surface area contributed by atoms with Gasteiger partial charge in [-0.2, -0.15) is 5.26 Å². The Balaban J connectivity index is 0.000000222. The molecule has 0 radical (unpaired) electrons. The molecule has 0 spiro atoms. The first kappa shape index (κ1) is 37.4. The van der Waals surface area contributed by atoms with Crippen LogP contribution in [0, 0.1) is 41.3 Å².